The topological polar surface area (TPSA) is 49.7 Å². The molecule has 0 aliphatic heterocycles. The van der Waals surface area contributed by atoms with E-state index in [-0.39, 0.29) is 17.4 Å². The molecule has 0 atom stereocenters. The molecule has 0 aliphatic rings. The predicted octanol–water partition coefficient (Wildman–Crippen LogP) is 7.29. The van der Waals surface area contributed by atoms with Gasteiger partial charge in [0.25, 0.3) is 5.56 Å². The molecule has 188 valence electrons. The van der Waals surface area contributed by atoms with E-state index in [0.29, 0.717) is 25.5 Å². The molecule has 0 aliphatic carbocycles. The fourth-order valence-electron chi connectivity index (χ4n) is 3.90. The van der Waals surface area contributed by atoms with Gasteiger partial charge in [0.05, 0.1) is 11.6 Å². The summed E-state index contributed by atoms with van der Waals surface area (Å²) in [5, 5.41) is 0.852. The Morgan fingerprint density at radius 2 is 1.74 bits per heavy atom. The zero-order valence-electron chi connectivity index (χ0n) is 21.8. The third-order valence-corrected chi connectivity index (χ3v) is 5.71. The number of pyridine rings is 1. The molecule has 0 unspecified atom stereocenters. The molecule has 0 bridgehead atoms. The number of hydrogen-bond donors (Lipinski definition) is 0. The van der Waals surface area contributed by atoms with Gasteiger partial charge in [-0.25, -0.2) is 0 Å². The summed E-state index contributed by atoms with van der Waals surface area (Å²) >= 11 is 0. The average molecular weight is 478 g/mol. The number of hydrogen-bond acceptors (Lipinski definition) is 4. The van der Waals surface area contributed by atoms with Gasteiger partial charge < -0.3 is 18.8 Å². The zero-order valence-corrected chi connectivity index (χ0v) is 21.8. The van der Waals surface area contributed by atoms with Crippen molar-refractivity contribution >= 4 is 10.9 Å². The zero-order chi connectivity index (χ0) is 25.2. The molecule has 0 radical (unpaired) electrons. The number of aryl methyl sites for hydroxylation is 1. The summed E-state index contributed by atoms with van der Waals surface area (Å²) in [5.41, 5.74) is 2.90. The minimum Gasteiger partial charge on any atom is -0.489 e. The van der Waals surface area contributed by atoms with Crippen LogP contribution in [0.15, 0.2) is 65.0 Å². The summed E-state index contributed by atoms with van der Waals surface area (Å²) in [6.07, 6.45) is 6.15. The maximum Gasteiger partial charge on any atom is 0.297 e. The van der Waals surface area contributed by atoms with E-state index >= 15 is 0 Å². The van der Waals surface area contributed by atoms with Crippen LogP contribution in [0.4, 0.5) is 0 Å². The maximum absolute atomic E-state index is 13.7. The lowest BCUT2D eigenvalue weighted by Gasteiger charge is -2.20. The van der Waals surface area contributed by atoms with Crippen LogP contribution >= 0.6 is 0 Å². The second kappa shape index (κ2) is 13.0. The van der Waals surface area contributed by atoms with Gasteiger partial charge >= 0.3 is 0 Å². The first-order valence-corrected chi connectivity index (χ1v) is 12.7. The van der Waals surface area contributed by atoms with Crippen molar-refractivity contribution in [2.75, 3.05) is 6.61 Å². The Hall–Kier alpha value is -3.21. The molecule has 1 aromatic heterocycles. The van der Waals surface area contributed by atoms with Gasteiger partial charge in [0.15, 0.2) is 5.75 Å². The number of aromatic nitrogens is 1. The van der Waals surface area contributed by atoms with Gasteiger partial charge in [0.2, 0.25) is 5.75 Å². The van der Waals surface area contributed by atoms with Crippen LogP contribution in [0.25, 0.3) is 10.9 Å². The Bertz CT molecular complexity index is 1170. The molecule has 2 aromatic carbocycles. The molecule has 0 fully saturated rings. The molecule has 0 N–H and O–H groups in total. The fourth-order valence-corrected chi connectivity index (χ4v) is 3.90. The van der Waals surface area contributed by atoms with Crippen LogP contribution in [-0.4, -0.2) is 17.3 Å². The van der Waals surface area contributed by atoms with Crippen LogP contribution in [-0.2, 0) is 13.2 Å². The molecule has 0 amide bonds. The highest BCUT2D eigenvalue weighted by Gasteiger charge is 2.21. The summed E-state index contributed by atoms with van der Waals surface area (Å²) < 4.78 is 20.1. The SMILES string of the molecule is CCCCCCn1c(=O)c(OC(C)C)c(OCC=C(C)C)c2ccc(OCc3ccccc3)cc21. The molecule has 3 rings (SSSR count). The molecule has 35 heavy (non-hydrogen) atoms. The predicted molar refractivity (Wildman–Crippen MR) is 144 cm³/mol. The van der Waals surface area contributed by atoms with Crippen molar-refractivity contribution in [3.8, 4) is 17.2 Å². The van der Waals surface area contributed by atoms with E-state index in [2.05, 4.69) is 6.92 Å². The highest BCUT2D eigenvalue weighted by atomic mass is 16.5. The monoisotopic (exact) mass is 477 g/mol. The Balaban J connectivity index is 2.07. The van der Waals surface area contributed by atoms with Gasteiger partial charge in [-0.1, -0.05) is 62.1 Å². The number of allylic oxidation sites excluding steroid dienone is 1. The average Bonchev–Trinajstić information content (AvgIpc) is 2.84. The smallest absolute Gasteiger partial charge is 0.297 e. The second-order valence-electron chi connectivity index (χ2n) is 9.39. The van der Waals surface area contributed by atoms with Gasteiger partial charge in [-0.2, -0.15) is 0 Å². The summed E-state index contributed by atoms with van der Waals surface area (Å²) in [5.74, 6) is 1.49. The van der Waals surface area contributed by atoms with Crippen molar-refractivity contribution in [2.24, 2.45) is 0 Å². The molecule has 1 heterocycles. The van der Waals surface area contributed by atoms with Crippen molar-refractivity contribution in [3.05, 3.63) is 76.1 Å². The number of unbranched alkanes of at least 4 members (excludes halogenated alkanes) is 3. The van der Waals surface area contributed by atoms with Crippen molar-refractivity contribution < 1.29 is 14.2 Å². The normalized spacial score (nSPS) is 11.0. The van der Waals surface area contributed by atoms with E-state index in [1.54, 1.807) is 0 Å². The Kier molecular flexibility index (Phi) is 9.83. The third-order valence-electron chi connectivity index (χ3n) is 5.71. The van der Waals surface area contributed by atoms with Gasteiger partial charge in [0, 0.05) is 18.0 Å². The lowest BCUT2D eigenvalue weighted by molar-refractivity contribution is 0.222. The number of ether oxygens (including phenoxy) is 3. The first-order valence-electron chi connectivity index (χ1n) is 12.7. The van der Waals surface area contributed by atoms with Crippen LogP contribution in [0, 0.1) is 0 Å². The number of nitrogens with zero attached hydrogens (tertiary/aromatic N) is 1. The quantitative estimate of drug-likeness (QED) is 0.191. The van der Waals surface area contributed by atoms with Crippen molar-refractivity contribution in [1.29, 1.82) is 0 Å². The van der Waals surface area contributed by atoms with Crippen LogP contribution in [0.1, 0.15) is 65.9 Å². The maximum atomic E-state index is 13.7. The van der Waals surface area contributed by atoms with Crippen molar-refractivity contribution in [3.63, 3.8) is 0 Å². The van der Waals surface area contributed by atoms with E-state index in [1.807, 2.05) is 86.9 Å². The molecule has 0 saturated heterocycles. The summed E-state index contributed by atoms with van der Waals surface area (Å²) in [4.78, 5) is 13.7. The molecule has 5 nitrogen and oxygen atoms in total. The van der Waals surface area contributed by atoms with Gasteiger partial charge in [-0.15, -0.1) is 0 Å². The Morgan fingerprint density at radius 3 is 2.43 bits per heavy atom. The minimum absolute atomic E-state index is 0.145. The Labute approximate surface area is 209 Å². The summed E-state index contributed by atoms with van der Waals surface area (Å²) in [6, 6.07) is 15.9. The molecule has 0 saturated carbocycles. The number of rotatable bonds is 13. The lowest BCUT2D eigenvalue weighted by atomic mass is 10.1. The summed E-state index contributed by atoms with van der Waals surface area (Å²) in [6.45, 7) is 11.6. The van der Waals surface area contributed by atoms with Crippen molar-refractivity contribution in [2.45, 2.75) is 79.6 Å². The van der Waals surface area contributed by atoms with E-state index < -0.39 is 0 Å². The van der Waals surface area contributed by atoms with E-state index in [0.717, 1.165) is 53.5 Å². The third kappa shape index (κ3) is 7.38. The van der Waals surface area contributed by atoms with Gasteiger partial charge in [-0.05, 0) is 57.9 Å². The van der Waals surface area contributed by atoms with E-state index in [9.17, 15) is 4.79 Å². The largest absolute Gasteiger partial charge is 0.489 e. The van der Waals surface area contributed by atoms with Crippen LogP contribution in [0.5, 0.6) is 17.2 Å². The molecular formula is C30H39NO4. The molecular weight excluding hydrogens is 438 g/mol. The highest BCUT2D eigenvalue weighted by Crippen LogP contribution is 2.35. The molecule has 3 aromatic rings. The highest BCUT2D eigenvalue weighted by molar-refractivity contribution is 5.89. The standard InChI is InChI=1S/C30H39NO4/c1-6-7-8-12-18-31-27-20-25(34-21-24-13-10-9-11-14-24)15-16-26(27)28(33-19-17-22(2)3)29(30(31)32)35-23(4)5/h9-11,13-17,20,23H,6-8,12,18-19,21H2,1-5H3. The second-order valence-corrected chi connectivity index (χ2v) is 9.39. The molecule has 5 heteroatoms. The van der Waals surface area contributed by atoms with Crippen LogP contribution in [0.2, 0.25) is 0 Å². The fraction of sp³-hybridized carbons (Fsp3) is 0.433. The lowest BCUT2D eigenvalue weighted by Crippen LogP contribution is -2.25. The molecule has 0 spiro atoms. The van der Waals surface area contributed by atoms with E-state index in [1.165, 1.54) is 0 Å². The van der Waals surface area contributed by atoms with Crippen LogP contribution < -0.4 is 19.8 Å². The number of benzene rings is 2. The van der Waals surface area contributed by atoms with Crippen molar-refractivity contribution in [1.82, 2.24) is 4.57 Å². The number of fused-ring (bicyclic) bond motifs is 1. The Morgan fingerprint density at radius 1 is 0.971 bits per heavy atom. The van der Waals surface area contributed by atoms with Crippen LogP contribution in [0.3, 0.4) is 0 Å². The van der Waals surface area contributed by atoms with Gasteiger partial charge in [0.1, 0.15) is 19.0 Å². The summed E-state index contributed by atoms with van der Waals surface area (Å²) in [7, 11) is 0. The van der Waals surface area contributed by atoms with E-state index in [4.69, 9.17) is 14.2 Å². The van der Waals surface area contributed by atoms with Gasteiger partial charge in [-0.3, -0.25) is 4.79 Å². The minimum atomic E-state index is -0.157. The first-order chi connectivity index (χ1) is 16.9. The first kappa shape index (κ1) is 26.4.